The Kier molecular flexibility index (Phi) is 6.36. The van der Waals surface area contributed by atoms with Gasteiger partial charge in [0.2, 0.25) is 5.91 Å². The second-order valence-electron chi connectivity index (χ2n) is 5.70. The van der Waals surface area contributed by atoms with Gasteiger partial charge in [0.15, 0.2) is 0 Å². The van der Waals surface area contributed by atoms with Crippen LogP contribution in [-0.4, -0.2) is 19.6 Å². The number of amides is 1. The van der Waals surface area contributed by atoms with E-state index in [1.165, 1.54) is 5.56 Å². The zero-order valence-corrected chi connectivity index (χ0v) is 14.1. The van der Waals surface area contributed by atoms with Crippen LogP contribution in [0.15, 0.2) is 54.6 Å². The lowest BCUT2D eigenvalue weighted by Crippen LogP contribution is -2.33. The highest BCUT2D eigenvalue weighted by molar-refractivity contribution is 5.83. The fraction of sp³-hybridized carbons (Fsp3) is 0.350. The van der Waals surface area contributed by atoms with E-state index in [0.29, 0.717) is 6.54 Å². The van der Waals surface area contributed by atoms with Crippen molar-refractivity contribution in [3.63, 3.8) is 0 Å². The smallest absolute Gasteiger partial charge is 0.227 e. The average molecular weight is 311 g/mol. The lowest BCUT2D eigenvalue weighted by Gasteiger charge is -2.21. The minimum atomic E-state index is -0.131. The summed E-state index contributed by atoms with van der Waals surface area (Å²) >= 11 is 0. The van der Waals surface area contributed by atoms with Gasteiger partial charge in [-0.2, -0.15) is 0 Å². The van der Waals surface area contributed by atoms with Crippen LogP contribution in [0.1, 0.15) is 42.1 Å². The van der Waals surface area contributed by atoms with Gasteiger partial charge >= 0.3 is 0 Å². The number of aryl methyl sites for hydroxylation is 1. The fourth-order valence-corrected chi connectivity index (χ4v) is 2.84. The molecule has 122 valence electrons. The van der Waals surface area contributed by atoms with Crippen LogP contribution in [0.4, 0.5) is 0 Å². The van der Waals surface area contributed by atoms with Gasteiger partial charge in [-0.25, -0.2) is 0 Å². The number of hydrogen-bond acceptors (Lipinski definition) is 2. The molecule has 0 radical (unpaired) electrons. The molecule has 3 nitrogen and oxygen atoms in total. The summed E-state index contributed by atoms with van der Waals surface area (Å²) in [5.41, 5.74) is 3.34. The Balaban J connectivity index is 2.03. The van der Waals surface area contributed by atoms with E-state index in [1.807, 2.05) is 55.5 Å². The minimum absolute atomic E-state index is 0.0503. The summed E-state index contributed by atoms with van der Waals surface area (Å²) in [5.74, 6) is -0.0695. The van der Waals surface area contributed by atoms with E-state index >= 15 is 0 Å². The first-order valence-electron chi connectivity index (χ1n) is 8.08. The largest absolute Gasteiger partial charge is 0.375 e. The van der Waals surface area contributed by atoms with E-state index < -0.39 is 0 Å². The third-order valence-corrected chi connectivity index (χ3v) is 4.21. The van der Waals surface area contributed by atoms with Crippen LogP contribution < -0.4 is 5.32 Å². The average Bonchev–Trinajstić information content (AvgIpc) is 2.58. The Hall–Kier alpha value is -2.13. The third-order valence-electron chi connectivity index (χ3n) is 4.21. The van der Waals surface area contributed by atoms with Crippen LogP contribution in [-0.2, 0) is 9.53 Å². The summed E-state index contributed by atoms with van der Waals surface area (Å²) in [6.07, 6.45) is 0.645. The minimum Gasteiger partial charge on any atom is -0.375 e. The molecule has 2 aromatic rings. The van der Waals surface area contributed by atoms with Gasteiger partial charge in [-0.15, -0.1) is 0 Å². The van der Waals surface area contributed by atoms with Crippen molar-refractivity contribution >= 4 is 5.91 Å². The van der Waals surface area contributed by atoms with Gasteiger partial charge in [-0.3, -0.25) is 4.79 Å². The van der Waals surface area contributed by atoms with Crippen molar-refractivity contribution in [2.75, 3.05) is 13.7 Å². The predicted molar refractivity (Wildman–Crippen MR) is 93.4 cm³/mol. The molecule has 0 bridgehead atoms. The molecule has 0 aliphatic carbocycles. The van der Waals surface area contributed by atoms with Crippen molar-refractivity contribution in [1.29, 1.82) is 0 Å². The Labute approximate surface area is 138 Å². The first kappa shape index (κ1) is 17.2. The van der Waals surface area contributed by atoms with Crippen LogP contribution >= 0.6 is 0 Å². The van der Waals surface area contributed by atoms with Crippen LogP contribution in [0.2, 0.25) is 0 Å². The molecule has 1 amide bonds. The van der Waals surface area contributed by atoms with Gasteiger partial charge in [0, 0.05) is 13.7 Å². The molecule has 3 heteroatoms. The lowest BCUT2D eigenvalue weighted by atomic mass is 9.95. The van der Waals surface area contributed by atoms with Gasteiger partial charge in [0.25, 0.3) is 0 Å². The van der Waals surface area contributed by atoms with Crippen molar-refractivity contribution in [2.24, 2.45) is 0 Å². The zero-order chi connectivity index (χ0) is 16.7. The van der Waals surface area contributed by atoms with Crippen molar-refractivity contribution in [3.8, 4) is 0 Å². The van der Waals surface area contributed by atoms with E-state index in [1.54, 1.807) is 7.11 Å². The summed E-state index contributed by atoms with van der Waals surface area (Å²) in [6, 6.07) is 18.0. The summed E-state index contributed by atoms with van der Waals surface area (Å²) in [7, 11) is 1.68. The molecule has 2 rings (SSSR count). The number of methoxy groups -OCH3 is 1. The molecule has 0 unspecified atom stereocenters. The number of hydrogen-bond donors (Lipinski definition) is 1. The maximum atomic E-state index is 12.5. The molecule has 23 heavy (non-hydrogen) atoms. The monoisotopic (exact) mass is 311 g/mol. The number of benzene rings is 2. The molecule has 1 N–H and O–H groups in total. The van der Waals surface area contributed by atoms with Crippen LogP contribution in [0.5, 0.6) is 0 Å². The Morgan fingerprint density at radius 2 is 1.74 bits per heavy atom. The third kappa shape index (κ3) is 4.42. The summed E-state index contributed by atoms with van der Waals surface area (Å²) in [5, 5.41) is 3.04. The molecule has 0 saturated heterocycles. The first-order valence-corrected chi connectivity index (χ1v) is 8.08. The van der Waals surface area contributed by atoms with E-state index in [4.69, 9.17) is 4.74 Å². The van der Waals surface area contributed by atoms with Crippen LogP contribution in [0, 0.1) is 6.92 Å². The van der Waals surface area contributed by atoms with E-state index in [2.05, 4.69) is 18.3 Å². The molecule has 0 heterocycles. The number of carbonyl (C=O) groups is 1. The van der Waals surface area contributed by atoms with Crippen LogP contribution in [0.25, 0.3) is 0 Å². The first-order chi connectivity index (χ1) is 11.2. The van der Waals surface area contributed by atoms with Crippen molar-refractivity contribution < 1.29 is 9.53 Å². The summed E-state index contributed by atoms with van der Waals surface area (Å²) in [4.78, 5) is 12.5. The standard InChI is InChI=1S/C20H25NO2/c1-4-17(16-11-6-5-7-12-16)20(22)21-14-19(23-3)18-13-9-8-10-15(18)2/h5-13,17,19H,4,14H2,1-3H3,(H,21,22)/t17-,19+/m1/s1. The Bertz CT molecular complexity index is 625. The fourth-order valence-electron chi connectivity index (χ4n) is 2.84. The van der Waals surface area contributed by atoms with Gasteiger partial charge in [0.1, 0.15) is 0 Å². The van der Waals surface area contributed by atoms with Crippen molar-refractivity contribution in [2.45, 2.75) is 32.3 Å². The molecule has 2 aromatic carbocycles. The summed E-state index contributed by atoms with van der Waals surface area (Å²) in [6.45, 7) is 4.57. The second-order valence-corrected chi connectivity index (χ2v) is 5.70. The van der Waals surface area contributed by atoms with Crippen molar-refractivity contribution in [3.05, 3.63) is 71.3 Å². The number of rotatable bonds is 7. The van der Waals surface area contributed by atoms with Gasteiger partial charge < -0.3 is 10.1 Å². The summed E-state index contributed by atoms with van der Waals surface area (Å²) < 4.78 is 5.57. The van der Waals surface area contributed by atoms with Crippen molar-refractivity contribution in [1.82, 2.24) is 5.32 Å². The topological polar surface area (TPSA) is 38.3 Å². The molecule has 0 fully saturated rings. The normalized spacial score (nSPS) is 13.3. The van der Waals surface area contributed by atoms with E-state index in [-0.39, 0.29) is 17.9 Å². The predicted octanol–water partition coefficient (Wildman–Crippen LogP) is 3.99. The van der Waals surface area contributed by atoms with Gasteiger partial charge in [0.05, 0.1) is 12.0 Å². The molecular weight excluding hydrogens is 286 g/mol. The zero-order valence-electron chi connectivity index (χ0n) is 14.1. The molecule has 0 saturated carbocycles. The molecule has 0 aliphatic rings. The number of nitrogens with one attached hydrogen (secondary N) is 1. The van der Waals surface area contributed by atoms with Gasteiger partial charge in [-0.1, -0.05) is 61.5 Å². The van der Waals surface area contributed by atoms with Gasteiger partial charge in [-0.05, 0) is 30.0 Å². The molecule has 0 spiro atoms. The molecule has 2 atom stereocenters. The quantitative estimate of drug-likeness (QED) is 0.839. The van der Waals surface area contributed by atoms with E-state index in [9.17, 15) is 4.79 Å². The number of carbonyl (C=O) groups excluding carboxylic acids is 1. The lowest BCUT2D eigenvalue weighted by molar-refractivity contribution is -0.123. The maximum absolute atomic E-state index is 12.5. The highest BCUT2D eigenvalue weighted by Crippen LogP contribution is 2.22. The Morgan fingerprint density at radius 1 is 1.09 bits per heavy atom. The molecular formula is C20H25NO2. The second kappa shape index (κ2) is 8.49. The maximum Gasteiger partial charge on any atom is 0.227 e. The highest BCUT2D eigenvalue weighted by Gasteiger charge is 2.20. The van der Waals surface area contributed by atoms with E-state index in [0.717, 1.165) is 17.5 Å². The SMILES string of the molecule is CC[C@@H](C(=O)NC[C@H](OC)c1ccccc1C)c1ccccc1. The molecule has 0 aromatic heterocycles. The molecule has 0 aliphatic heterocycles. The van der Waals surface area contributed by atoms with Crippen LogP contribution in [0.3, 0.4) is 0 Å². The highest BCUT2D eigenvalue weighted by atomic mass is 16.5. The Morgan fingerprint density at radius 3 is 2.35 bits per heavy atom. The number of ether oxygens (including phenoxy) is 1.